The number of morpholine rings is 1. The van der Waals surface area contributed by atoms with Crippen LogP contribution in [0.4, 0.5) is 0 Å². The number of hydrogen-bond acceptors (Lipinski definition) is 6. The standard InChI is InChI=1S/C25H32N6O2/c1-3-31-22-9-5-4-8-21(22)28-23(31)17-29-10-6-7-19(16-29)24-26-15-20(18(2)27-24)25(32)30-11-13-33-14-12-30/h4-5,8-9,15,19H,3,6-7,10-14,16-17H2,1-2H3. The van der Waals surface area contributed by atoms with Gasteiger partial charge in [0.1, 0.15) is 11.6 Å². The molecule has 4 heterocycles. The van der Waals surface area contributed by atoms with Crippen LogP contribution in [0.1, 0.15) is 53.4 Å². The number of amides is 1. The molecule has 2 aliphatic rings. The number of piperidine rings is 1. The van der Waals surface area contributed by atoms with E-state index in [0.29, 0.717) is 31.9 Å². The van der Waals surface area contributed by atoms with Crippen molar-refractivity contribution in [3.63, 3.8) is 0 Å². The van der Waals surface area contributed by atoms with Crippen LogP contribution >= 0.6 is 0 Å². The van der Waals surface area contributed by atoms with Crippen molar-refractivity contribution in [2.24, 2.45) is 0 Å². The first-order chi connectivity index (χ1) is 16.1. The van der Waals surface area contributed by atoms with Crippen LogP contribution in [0.15, 0.2) is 30.5 Å². The van der Waals surface area contributed by atoms with E-state index >= 15 is 0 Å². The summed E-state index contributed by atoms with van der Waals surface area (Å²) >= 11 is 0. The van der Waals surface area contributed by atoms with Gasteiger partial charge >= 0.3 is 0 Å². The van der Waals surface area contributed by atoms with E-state index in [0.717, 1.165) is 61.9 Å². The summed E-state index contributed by atoms with van der Waals surface area (Å²) < 4.78 is 7.67. The third-order valence-corrected chi connectivity index (χ3v) is 6.81. The molecule has 0 radical (unpaired) electrons. The fraction of sp³-hybridized carbons (Fsp3) is 0.520. The van der Waals surface area contributed by atoms with Gasteiger partial charge in [-0.1, -0.05) is 12.1 Å². The van der Waals surface area contributed by atoms with Gasteiger partial charge in [0.25, 0.3) is 5.91 Å². The Morgan fingerprint density at radius 3 is 2.76 bits per heavy atom. The second-order valence-electron chi connectivity index (χ2n) is 8.97. The normalized spacial score (nSPS) is 19.8. The summed E-state index contributed by atoms with van der Waals surface area (Å²) in [6, 6.07) is 8.35. The lowest BCUT2D eigenvalue weighted by Crippen LogP contribution is -2.41. The molecule has 0 aliphatic carbocycles. The number of aromatic nitrogens is 4. The lowest BCUT2D eigenvalue weighted by Gasteiger charge is -2.32. The highest BCUT2D eigenvalue weighted by Crippen LogP contribution is 2.27. The highest BCUT2D eigenvalue weighted by atomic mass is 16.5. The van der Waals surface area contributed by atoms with Crippen molar-refractivity contribution in [2.75, 3.05) is 39.4 Å². The number of rotatable bonds is 5. The number of benzene rings is 1. The smallest absolute Gasteiger partial charge is 0.257 e. The maximum Gasteiger partial charge on any atom is 0.257 e. The third-order valence-electron chi connectivity index (χ3n) is 6.81. The Morgan fingerprint density at radius 2 is 1.97 bits per heavy atom. The number of hydrogen-bond donors (Lipinski definition) is 0. The summed E-state index contributed by atoms with van der Waals surface area (Å²) in [5.41, 5.74) is 3.62. The predicted molar refractivity (Wildman–Crippen MR) is 126 cm³/mol. The van der Waals surface area contributed by atoms with Gasteiger partial charge in [0.15, 0.2) is 0 Å². The Bertz CT molecular complexity index is 1140. The quantitative estimate of drug-likeness (QED) is 0.597. The molecule has 2 aromatic heterocycles. The molecule has 2 aliphatic heterocycles. The van der Waals surface area contributed by atoms with E-state index in [-0.39, 0.29) is 11.8 Å². The van der Waals surface area contributed by atoms with Crippen molar-refractivity contribution in [1.29, 1.82) is 0 Å². The molecule has 5 rings (SSSR count). The van der Waals surface area contributed by atoms with Crippen molar-refractivity contribution < 1.29 is 9.53 Å². The summed E-state index contributed by atoms with van der Waals surface area (Å²) in [6.07, 6.45) is 3.90. The van der Waals surface area contributed by atoms with E-state index < -0.39 is 0 Å². The fourth-order valence-corrected chi connectivity index (χ4v) is 5.04. The highest BCUT2D eigenvalue weighted by Gasteiger charge is 2.27. The van der Waals surface area contributed by atoms with Gasteiger partial charge in [-0.3, -0.25) is 9.69 Å². The Kier molecular flexibility index (Phi) is 6.37. The minimum atomic E-state index is 0.00564. The first-order valence-electron chi connectivity index (χ1n) is 12.0. The van der Waals surface area contributed by atoms with Crippen molar-refractivity contribution in [3.8, 4) is 0 Å². The summed E-state index contributed by atoms with van der Waals surface area (Å²) in [5.74, 6) is 2.23. The molecule has 33 heavy (non-hydrogen) atoms. The molecule has 2 fully saturated rings. The van der Waals surface area contributed by atoms with Gasteiger partial charge in [0.05, 0.1) is 42.0 Å². The van der Waals surface area contributed by atoms with Crippen LogP contribution in [0.5, 0.6) is 0 Å². The summed E-state index contributed by atoms with van der Waals surface area (Å²) in [5, 5.41) is 0. The number of nitrogens with zero attached hydrogens (tertiary/aromatic N) is 6. The van der Waals surface area contributed by atoms with E-state index in [1.807, 2.05) is 17.9 Å². The Labute approximate surface area is 194 Å². The van der Waals surface area contributed by atoms with E-state index in [2.05, 4.69) is 39.6 Å². The molecular formula is C25H32N6O2. The maximum absolute atomic E-state index is 12.9. The van der Waals surface area contributed by atoms with Gasteiger partial charge in [-0.05, 0) is 45.4 Å². The van der Waals surface area contributed by atoms with E-state index in [9.17, 15) is 4.79 Å². The van der Waals surface area contributed by atoms with Gasteiger partial charge in [-0.15, -0.1) is 0 Å². The predicted octanol–water partition coefficient (Wildman–Crippen LogP) is 3.01. The first kappa shape index (κ1) is 22.0. The van der Waals surface area contributed by atoms with Gasteiger partial charge in [0.2, 0.25) is 0 Å². The Morgan fingerprint density at radius 1 is 1.15 bits per heavy atom. The highest BCUT2D eigenvalue weighted by molar-refractivity contribution is 5.95. The second kappa shape index (κ2) is 9.57. The van der Waals surface area contributed by atoms with Crippen LogP contribution in [0.2, 0.25) is 0 Å². The number of likely N-dealkylation sites (tertiary alicyclic amines) is 1. The zero-order valence-corrected chi connectivity index (χ0v) is 19.5. The van der Waals surface area contributed by atoms with Crippen molar-refractivity contribution in [2.45, 2.75) is 45.7 Å². The minimum absolute atomic E-state index is 0.00564. The Hall–Kier alpha value is -2.84. The zero-order chi connectivity index (χ0) is 22.8. The van der Waals surface area contributed by atoms with E-state index in [1.54, 1.807) is 6.20 Å². The number of imidazole rings is 1. The number of carbonyl (C=O) groups excluding carboxylic acids is 1. The number of carbonyl (C=O) groups is 1. The van der Waals surface area contributed by atoms with Crippen molar-refractivity contribution >= 4 is 16.9 Å². The lowest BCUT2D eigenvalue weighted by molar-refractivity contribution is 0.0301. The maximum atomic E-state index is 12.9. The molecule has 0 spiro atoms. The largest absolute Gasteiger partial charge is 0.378 e. The average Bonchev–Trinajstić information content (AvgIpc) is 3.21. The SMILES string of the molecule is CCn1c(CN2CCCC(c3ncc(C(=O)N4CCOCC4)c(C)n3)C2)nc2ccccc21. The van der Waals surface area contributed by atoms with Crippen molar-refractivity contribution in [3.05, 3.63) is 53.4 Å². The molecule has 1 amide bonds. The minimum Gasteiger partial charge on any atom is -0.378 e. The van der Waals surface area contributed by atoms with Crippen LogP contribution in [-0.4, -0.2) is 74.6 Å². The molecule has 2 saturated heterocycles. The lowest BCUT2D eigenvalue weighted by atomic mass is 9.97. The molecule has 1 unspecified atom stereocenters. The summed E-state index contributed by atoms with van der Waals surface area (Å²) in [7, 11) is 0. The molecule has 0 saturated carbocycles. The topological polar surface area (TPSA) is 76.4 Å². The van der Waals surface area contributed by atoms with Crippen LogP contribution in [0.3, 0.4) is 0 Å². The molecule has 0 bridgehead atoms. The van der Waals surface area contributed by atoms with E-state index in [4.69, 9.17) is 14.7 Å². The van der Waals surface area contributed by atoms with Gasteiger partial charge < -0.3 is 14.2 Å². The van der Waals surface area contributed by atoms with Gasteiger partial charge in [-0.25, -0.2) is 15.0 Å². The number of para-hydroxylation sites is 2. The fourth-order valence-electron chi connectivity index (χ4n) is 5.04. The summed E-state index contributed by atoms with van der Waals surface area (Å²) in [6.45, 7) is 10.2. The van der Waals surface area contributed by atoms with Crippen LogP contribution in [-0.2, 0) is 17.8 Å². The molecule has 8 nitrogen and oxygen atoms in total. The Balaban J connectivity index is 1.30. The first-order valence-corrected chi connectivity index (χ1v) is 12.0. The third kappa shape index (κ3) is 4.50. The number of fused-ring (bicyclic) bond motifs is 1. The number of ether oxygens (including phenoxy) is 1. The summed E-state index contributed by atoms with van der Waals surface area (Å²) in [4.78, 5) is 31.5. The van der Waals surface area contributed by atoms with Gasteiger partial charge in [0, 0.05) is 38.3 Å². The molecule has 8 heteroatoms. The van der Waals surface area contributed by atoms with Gasteiger partial charge in [-0.2, -0.15) is 0 Å². The average molecular weight is 449 g/mol. The molecule has 3 aromatic rings. The van der Waals surface area contributed by atoms with Crippen molar-refractivity contribution in [1.82, 2.24) is 29.3 Å². The molecular weight excluding hydrogens is 416 g/mol. The molecule has 1 aromatic carbocycles. The van der Waals surface area contributed by atoms with Crippen LogP contribution < -0.4 is 0 Å². The molecule has 1 atom stereocenters. The monoisotopic (exact) mass is 448 g/mol. The zero-order valence-electron chi connectivity index (χ0n) is 19.5. The van der Waals surface area contributed by atoms with Crippen LogP contribution in [0, 0.1) is 6.92 Å². The second-order valence-corrected chi connectivity index (χ2v) is 8.97. The van der Waals surface area contributed by atoms with E-state index in [1.165, 1.54) is 5.52 Å². The molecule has 0 N–H and O–H groups in total. The van der Waals surface area contributed by atoms with Crippen LogP contribution in [0.25, 0.3) is 11.0 Å². The molecule has 174 valence electrons. The number of aryl methyl sites for hydroxylation is 2.